The Morgan fingerprint density at radius 1 is 1.18 bits per heavy atom. The molecule has 6 nitrogen and oxygen atoms in total. The molecule has 1 fully saturated rings. The van der Waals surface area contributed by atoms with Crippen molar-refractivity contribution < 1.29 is 32.2 Å². The molecular weight excluding hydrogens is 502 g/mol. The molecule has 1 aromatic heterocycles. The number of alkyl halides is 2. The van der Waals surface area contributed by atoms with E-state index in [4.69, 9.17) is 4.74 Å². The monoisotopic (exact) mass is 533 g/mol. The molecule has 0 spiro atoms. The van der Waals surface area contributed by atoms with Gasteiger partial charge in [-0.15, -0.1) is 0 Å². The van der Waals surface area contributed by atoms with Crippen LogP contribution in [0.3, 0.4) is 0 Å². The first kappa shape index (κ1) is 27.6. The van der Waals surface area contributed by atoms with Gasteiger partial charge in [-0.25, -0.2) is 17.6 Å². The first-order valence-electron chi connectivity index (χ1n) is 12.6. The predicted molar refractivity (Wildman–Crippen MR) is 137 cm³/mol. The van der Waals surface area contributed by atoms with Gasteiger partial charge in [-0.05, 0) is 69.1 Å². The number of carboxylic acids is 1. The number of methoxy groups -OCH3 is 1. The highest BCUT2D eigenvalue weighted by Crippen LogP contribution is 2.41. The Labute approximate surface area is 218 Å². The van der Waals surface area contributed by atoms with Crippen molar-refractivity contribution in [2.24, 2.45) is 5.41 Å². The second kappa shape index (κ2) is 12.0. The normalized spacial score (nSPS) is 16.3. The lowest BCUT2D eigenvalue weighted by Crippen LogP contribution is -2.45. The molecule has 0 bridgehead atoms. The topological polar surface area (TPSA) is 74.7 Å². The molecule has 0 unspecified atom stereocenters. The van der Waals surface area contributed by atoms with Crippen molar-refractivity contribution >= 4 is 22.6 Å². The molecule has 2 N–H and O–H groups in total. The number of carboxylic acid groups (broad SMARTS) is 1. The van der Waals surface area contributed by atoms with Crippen LogP contribution >= 0.6 is 0 Å². The number of anilines is 1. The van der Waals surface area contributed by atoms with Gasteiger partial charge in [-0.1, -0.05) is 0 Å². The van der Waals surface area contributed by atoms with Gasteiger partial charge in [-0.3, -0.25) is 9.78 Å². The molecule has 0 amide bonds. The maximum atomic E-state index is 15.7. The number of ether oxygens (including phenoxy) is 1. The van der Waals surface area contributed by atoms with Crippen LogP contribution in [-0.2, 0) is 11.5 Å². The van der Waals surface area contributed by atoms with Crippen LogP contribution in [0.5, 0.6) is 5.75 Å². The number of hydrogen-bond donors (Lipinski definition) is 2. The van der Waals surface area contributed by atoms with E-state index in [0.717, 1.165) is 6.07 Å². The lowest BCUT2D eigenvalue weighted by molar-refractivity contribution is -0.153. The molecule has 2 aromatic carbocycles. The highest BCUT2D eigenvalue weighted by molar-refractivity contribution is 5.85. The second-order valence-corrected chi connectivity index (χ2v) is 9.73. The third kappa shape index (κ3) is 6.18. The average Bonchev–Trinajstić information content (AvgIpc) is 2.90. The van der Waals surface area contributed by atoms with E-state index in [1.807, 2.05) is 0 Å². The third-order valence-corrected chi connectivity index (χ3v) is 7.42. The van der Waals surface area contributed by atoms with Crippen molar-refractivity contribution in [3.63, 3.8) is 0 Å². The van der Waals surface area contributed by atoms with Gasteiger partial charge in [0.15, 0.2) is 0 Å². The van der Waals surface area contributed by atoms with E-state index in [-0.39, 0.29) is 24.0 Å². The zero-order valence-electron chi connectivity index (χ0n) is 21.2. The van der Waals surface area contributed by atoms with Gasteiger partial charge in [0.05, 0.1) is 18.0 Å². The first-order valence-corrected chi connectivity index (χ1v) is 12.6. The number of hydrogen-bond acceptors (Lipinski definition) is 5. The summed E-state index contributed by atoms with van der Waals surface area (Å²) in [4.78, 5) is 18.6. The van der Waals surface area contributed by atoms with E-state index in [1.165, 1.54) is 25.4 Å². The largest absolute Gasteiger partial charge is 0.497 e. The van der Waals surface area contributed by atoms with E-state index in [2.05, 4.69) is 15.2 Å². The lowest BCUT2D eigenvalue weighted by atomic mass is 9.74. The smallest absolute Gasteiger partial charge is 0.309 e. The Hall–Kier alpha value is -3.40. The summed E-state index contributed by atoms with van der Waals surface area (Å²) in [6, 6.07) is 8.22. The van der Waals surface area contributed by atoms with E-state index in [0.29, 0.717) is 61.4 Å². The van der Waals surface area contributed by atoms with Crippen molar-refractivity contribution in [1.29, 1.82) is 0 Å². The van der Waals surface area contributed by atoms with Crippen molar-refractivity contribution in [2.45, 2.75) is 38.5 Å². The number of halogens is 4. The zero-order chi connectivity index (χ0) is 27.3. The Morgan fingerprint density at radius 3 is 2.53 bits per heavy atom. The Bertz CT molecular complexity index is 1260. The van der Waals surface area contributed by atoms with E-state index >= 15 is 4.39 Å². The number of nitrogens with one attached hydrogen (secondary N) is 1. The van der Waals surface area contributed by atoms with Crippen molar-refractivity contribution in [3.05, 3.63) is 65.4 Å². The highest BCUT2D eigenvalue weighted by atomic mass is 19.1. The number of benzene rings is 2. The summed E-state index contributed by atoms with van der Waals surface area (Å²) in [5.41, 5.74) is 0.0900. The fourth-order valence-electron chi connectivity index (χ4n) is 5.17. The zero-order valence-corrected chi connectivity index (χ0v) is 21.2. The summed E-state index contributed by atoms with van der Waals surface area (Å²) in [5, 5.41) is 13.5. The Kier molecular flexibility index (Phi) is 8.71. The third-order valence-electron chi connectivity index (χ3n) is 7.42. The minimum absolute atomic E-state index is 0.0671. The molecule has 1 aliphatic heterocycles. The second-order valence-electron chi connectivity index (χ2n) is 9.73. The molecule has 10 heteroatoms. The minimum Gasteiger partial charge on any atom is -0.497 e. The maximum absolute atomic E-state index is 15.7. The Morgan fingerprint density at radius 2 is 1.89 bits per heavy atom. The van der Waals surface area contributed by atoms with Gasteiger partial charge >= 0.3 is 5.97 Å². The standard InChI is InChI=1S/C28H31F4N3O3/c1-38-22-2-3-25-23(15-22)26(18(16-29)17-34-25)24(32)4-5-28(27(36)37)6-9-35(10-7-28)11-8-33-21-13-19(30)12-20(31)14-21/h2-3,12-15,17,24,33H,4-11,16H2,1H3,(H,36,37)/t24-/m1/s1. The molecule has 1 aliphatic rings. The van der Waals surface area contributed by atoms with Crippen LogP contribution in [0.2, 0.25) is 0 Å². The lowest BCUT2D eigenvalue weighted by Gasteiger charge is -2.39. The number of aliphatic carboxylic acids is 1. The average molecular weight is 534 g/mol. The van der Waals surface area contributed by atoms with Gasteiger partial charge in [0, 0.05) is 47.6 Å². The molecule has 1 atom stereocenters. The number of fused-ring (bicyclic) bond motifs is 1. The summed E-state index contributed by atoms with van der Waals surface area (Å²) < 4.78 is 61.4. The predicted octanol–water partition coefficient (Wildman–Crippen LogP) is 6.06. The first-order chi connectivity index (χ1) is 18.2. The van der Waals surface area contributed by atoms with Gasteiger partial charge in [0.2, 0.25) is 0 Å². The molecule has 0 aliphatic carbocycles. The quantitative estimate of drug-likeness (QED) is 0.292. The van der Waals surface area contributed by atoms with Crippen LogP contribution in [0.25, 0.3) is 10.9 Å². The number of pyridine rings is 1. The van der Waals surface area contributed by atoms with Crippen LogP contribution in [0, 0.1) is 17.0 Å². The van der Waals surface area contributed by atoms with E-state index in [9.17, 15) is 23.1 Å². The molecule has 204 valence electrons. The number of piperidine rings is 1. The van der Waals surface area contributed by atoms with Crippen molar-refractivity contribution in [3.8, 4) is 5.75 Å². The number of rotatable bonds is 11. The van der Waals surface area contributed by atoms with Crippen LogP contribution in [0.15, 0.2) is 42.6 Å². The van der Waals surface area contributed by atoms with Crippen molar-refractivity contribution in [2.75, 3.05) is 38.6 Å². The minimum atomic E-state index is -1.57. The summed E-state index contributed by atoms with van der Waals surface area (Å²) in [5.74, 6) is -1.80. The summed E-state index contributed by atoms with van der Waals surface area (Å²) >= 11 is 0. The molecule has 1 saturated heterocycles. The van der Waals surface area contributed by atoms with Crippen LogP contribution in [0.1, 0.15) is 43.0 Å². The summed E-state index contributed by atoms with van der Waals surface area (Å²) in [7, 11) is 1.49. The van der Waals surface area contributed by atoms with Gasteiger partial charge < -0.3 is 20.1 Å². The number of carbonyl (C=O) groups is 1. The number of nitrogens with zero attached hydrogens (tertiary/aromatic N) is 2. The van der Waals surface area contributed by atoms with Gasteiger partial charge in [0.25, 0.3) is 0 Å². The van der Waals surface area contributed by atoms with Crippen LogP contribution < -0.4 is 10.1 Å². The maximum Gasteiger partial charge on any atom is 0.309 e. The molecule has 0 radical (unpaired) electrons. The summed E-state index contributed by atoms with van der Waals surface area (Å²) in [6.45, 7) is 1.09. The summed E-state index contributed by atoms with van der Waals surface area (Å²) in [6.07, 6.45) is 0.479. The fourth-order valence-corrected chi connectivity index (χ4v) is 5.17. The SMILES string of the molecule is COc1ccc2ncc(CF)c([C@H](F)CCC3(C(=O)O)CCN(CCNc4cc(F)cc(F)c4)CC3)c2c1. The van der Waals surface area contributed by atoms with Crippen LogP contribution in [-0.4, -0.2) is 54.2 Å². The van der Waals surface area contributed by atoms with Gasteiger partial charge in [0.1, 0.15) is 30.2 Å². The Balaban J connectivity index is 1.39. The molecule has 2 heterocycles. The molecule has 0 saturated carbocycles. The fraction of sp³-hybridized carbons (Fsp3) is 0.429. The highest BCUT2D eigenvalue weighted by Gasteiger charge is 2.41. The molecule has 38 heavy (non-hydrogen) atoms. The molecule has 3 aromatic rings. The van der Waals surface area contributed by atoms with Crippen LogP contribution in [0.4, 0.5) is 23.2 Å². The molecule has 4 rings (SSSR count). The van der Waals surface area contributed by atoms with E-state index in [1.54, 1.807) is 18.2 Å². The van der Waals surface area contributed by atoms with Gasteiger partial charge in [-0.2, -0.15) is 0 Å². The molecular formula is C28H31F4N3O3. The number of aromatic nitrogens is 1. The van der Waals surface area contributed by atoms with E-state index < -0.39 is 35.9 Å². The van der Waals surface area contributed by atoms with Crippen molar-refractivity contribution in [1.82, 2.24) is 9.88 Å². The number of likely N-dealkylation sites (tertiary alicyclic amines) is 1.